The molecule has 1 heterocycles. The van der Waals surface area contributed by atoms with Gasteiger partial charge in [-0.2, -0.15) is 5.26 Å². The summed E-state index contributed by atoms with van der Waals surface area (Å²) >= 11 is 11.5. The smallest absolute Gasteiger partial charge is 0.274 e. The lowest BCUT2D eigenvalue weighted by Gasteiger charge is -2.07. The van der Waals surface area contributed by atoms with Crippen LogP contribution in [0.5, 0.6) is 0 Å². The summed E-state index contributed by atoms with van der Waals surface area (Å²) in [5.74, 6) is -0.435. The number of rotatable bonds is 2. The summed E-state index contributed by atoms with van der Waals surface area (Å²) < 4.78 is 0. The lowest BCUT2D eigenvalue weighted by molar-refractivity contribution is 0.102. The number of aromatic nitrogens is 1. The molecule has 0 aliphatic carbocycles. The van der Waals surface area contributed by atoms with Gasteiger partial charge in [-0.15, -0.1) is 0 Å². The van der Waals surface area contributed by atoms with Gasteiger partial charge in [-0.25, -0.2) is 4.98 Å². The van der Waals surface area contributed by atoms with Crippen molar-refractivity contribution >= 4 is 34.8 Å². The van der Waals surface area contributed by atoms with Gasteiger partial charge in [0.1, 0.15) is 11.8 Å². The van der Waals surface area contributed by atoms with E-state index in [9.17, 15) is 4.79 Å². The van der Waals surface area contributed by atoms with Crippen LogP contribution in [0, 0.1) is 11.3 Å². The number of carbonyl (C=O) groups excluding carboxylic acids is 1. The molecule has 1 amide bonds. The van der Waals surface area contributed by atoms with Crippen molar-refractivity contribution in [3.05, 3.63) is 57.8 Å². The first-order valence-corrected chi connectivity index (χ1v) is 5.98. The van der Waals surface area contributed by atoms with E-state index >= 15 is 0 Å². The highest BCUT2D eigenvalue weighted by molar-refractivity contribution is 6.31. The molecule has 2 aromatic rings. The SMILES string of the molecule is N#Cc1ccc(Cl)cc1NC(=O)c1ccc(Cl)cn1. The molecule has 0 bridgehead atoms. The van der Waals surface area contributed by atoms with Gasteiger partial charge in [-0.1, -0.05) is 23.2 Å². The fraction of sp³-hybridized carbons (Fsp3) is 0. The zero-order valence-electron chi connectivity index (χ0n) is 9.52. The molecule has 1 aromatic heterocycles. The molecule has 2 rings (SSSR count). The maximum absolute atomic E-state index is 11.9. The summed E-state index contributed by atoms with van der Waals surface area (Å²) in [4.78, 5) is 15.8. The van der Waals surface area contributed by atoms with Crippen molar-refractivity contribution in [3.8, 4) is 6.07 Å². The average molecular weight is 292 g/mol. The maximum Gasteiger partial charge on any atom is 0.274 e. The number of hydrogen-bond donors (Lipinski definition) is 1. The summed E-state index contributed by atoms with van der Waals surface area (Å²) in [5.41, 5.74) is 0.872. The number of nitriles is 1. The summed E-state index contributed by atoms with van der Waals surface area (Å²) in [7, 11) is 0. The lowest BCUT2D eigenvalue weighted by Crippen LogP contribution is -2.14. The van der Waals surface area contributed by atoms with Crippen LogP contribution < -0.4 is 5.32 Å². The quantitative estimate of drug-likeness (QED) is 0.921. The third-order valence-corrected chi connectivity index (χ3v) is 2.77. The van der Waals surface area contributed by atoms with Crippen molar-refractivity contribution in [3.63, 3.8) is 0 Å². The van der Waals surface area contributed by atoms with Crippen LogP contribution in [0.15, 0.2) is 36.5 Å². The van der Waals surface area contributed by atoms with Crippen LogP contribution in [0.2, 0.25) is 10.0 Å². The Morgan fingerprint density at radius 1 is 1.21 bits per heavy atom. The summed E-state index contributed by atoms with van der Waals surface area (Å²) in [5, 5.41) is 12.4. The molecule has 0 aliphatic heterocycles. The van der Waals surface area contributed by atoms with Crippen LogP contribution in [0.1, 0.15) is 16.1 Å². The van der Waals surface area contributed by atoms with Gasteiger partial charge >= 0.3 is 0 Å². The molecular formula is C13H7Cl2N3O. The minimum absolute atomic E-state index is 0.202. The van der Waals surface area contributed by atoms with Crippen LogP contribution >= 0.6 is 23.2 Å². The Morgan fingerprint density at radius 3 is 2.58 bits per heavy atom. The Morgan fingerprint density at radius 2 is 1.95 bits per heavy atom. The number of carbonyl (C=O) groups is 1. The van der Waals surface area contributed by atoms with Crippen LogP contribution in [0.3, 0.4) is 0 Å². The van der Waals surface area contributed by atoms with Crippen molar-refractivity contribution in [2.75, 3.05) is 5.32 Å². The fourth-order valence-corrected chi connectivity index (χ4v) is 1.70. The van der Waals surface area contributed by atoms with Crippen molar-refractivity contribution in [1.82, 2.24) is 4.98 Å². The standard InChI is InChI=1S/C13H7Cl2N3O/c14-9-2-1-8(6-16)12(5-9)18-13(19)11-4-3-10(15)7-17-11/h1-5,7H,(H,18,19). The number of hydrogen-bond acceptors (Lipinski definition) is 3. The molecule has 0 radical (unpaired) electrons. The summed E-state index contributed by atoms with van der Waals surface area (Å²) in [6.07, 6.45) is 1.37. The number of pyridine rings is 1. The van der Waals surface area contributed by atoms with Crippen molar-refractivity contribution in [2.45, 2.75) is 0 Å². The number of benzene rings is 1. The highest BCUT2D eigenvalue weighted by atomic mass is 35.5. The van der Waals surface area contributed by atoms with E-state index in [2.05, 4.69) is 10.3 Å². The average Bonchev–Trinajstić information content (AvgIpc) is 2.39. The number of nitrogens with zero attached hydrogens (tertiary/aromatic N) is 2. The summed E-state index contributed by atoms with van der Waals surface area (Å²) in [6, 6.07) is 9.65. The second kappa shape index (κ2) is 5.70. The first kappa shape index (κ1) is 13.3. The van der Waals surface area contributed by atoms with Crippen LogP contribution in [-0.2, 0) is 0 Å². The van der Waals surface area contributed by atoms with Crippen LogP contribution in [0.25, 0.3) is 0 Å². The molecule has 0 fully saturated rings. The molecule has 0 unspecified atom stereocenters. The molecule has 0 spiro atoms. The second-order valence-electron chi connectivity index (χ2n) is 3.62. The normalized spacial score (nSPS) is 9.74. The van der Waals surface area contributed by atoms with Gasteiger partial charge in [0, 0.05) is 11.2 Å². The van der Waals surface area contributed by atoms with E-state index in [0.717, 1.165) is 0 Å². The van der Waals surface area contributed by atoms with Gasteiger partial charge in [0.05, 0.1) is 16.3 Å². The molecule has 94 valence electrons. The molecule has 4 nitrogen and oxygen atoms in total. The topological polar surface area (TPSA) is 65.8 Å². The Kier molecular flexibility index (Phi) is 4.00. The van der Waals surface area contributed by atoms with Crippen molar-refractivity contribution in [1.29, 1.82) is 5.26 Å². The van der Waals surface area contributed by atoms with Gasteiger partial charge < -0.3 is 5.32 Å². The minimum atomic E-state index is -0.435. The number of amides is 1. The van der Waals surface area contributed by atoms with Gasteiger partial charge in [-0.05, 0) is 30.3 Å². The monoisotopic (exact) mass is 291 g/mol. The second-order valence-corrected chi connectivity index (χ2v) is 4.49. The Hall–Kier alpha value is -2.09. The third-order valence-electron chi connectivity index (χ3n) is 2.31. The zero-order chi connectivity index (χ0) is 13.8. The molecule has 0 aliphatic rings. The predicted octanol–water partition coefficient (Wildman–Crippen LogP) is 3.51. The van der Waals surface area contributed by atoms with Gasteiger partial charge in [0.2, 0.25) is 0 Å². The van der Waals surface area contributed by atoms with Gasteiger partial charge in [0.15, 0.2) is 0 Å². The molecule has 0 saturated carbocycles. The zero-order valence-corrected chi connectivity index (χ0v) is 11.0. The van der Waals surface area contributed by atoms with Crippen LogP contribution in [0.4, 0.5) is 5.69 Å². The Balaban J connectivity index is 2.26. The highest BCUT2D eigenvalue weighted by Crippen LogP contribution is 2.21. The summed E-state index contributed by atoms with van der Waals surface area (Å²) in [6.45, 7) is 0. The van der Waals surface area contributed by atoms with E-state index in [1.54, 1.807) is 12.1 Å². The number of anilines is 1. The molecule has 6 heteroatoms. The number of nitrogens with one attached hydrogen (secondary N) is 1. The van der Waals surface area contributed by atoms with E-state index in [1.807, 2.05) is 6.07 Å². The van der Waals surface area contributed by atoms with Gasteiger partial charge in [0.25, 0.3) is 5.91 Å². The fourth-order valence-electron chi connectivity index (χ4n) is 1.41. The highest BCUT2D eigenvalue weighted by Gasteiger charge is 2.10. The molecule has 0 saturated heterocycles. The maximum atomic E-state index is 11.9. The largest absolute Gasteiger partial charge is 0.319 e. The van der Waals surface area contributed by atoms with Gasteiger partial charge in [-0.3, -0.25) is 4.79 Å². The lowest BCUT2D eigenvalue weighted by atomic mass is 10.2. The number of halogens is 2. The van der Waals surface area contributed by atoms with E-state index in [-0.39, 0.29) is 5.69 Å². The Bertz CT molecular complexity index is 663. The first-order chi connectivity index (χ1) is 9.10. The van der Waals surface area contributed by atoms with Crippen LogP contribution in [-0.4, -0.2) is 10.9 Å². The molecular weight excluding hydrogens is 285 g/mol. The first-order valence-electron chi connectivity index (χ1n) is 5.22. The van der Waals surface area contributed by atoms with E-state index in [0.29, 0.717) is 21.3 Å². The van der Waals surface area contributed by atoms with Crippen molar-refractivity contribution < 1.29 is 4.79 Å². The molecule has 1 aromatic carbocycles. The molecule has 19 heavy (non-hydrogen) atoms. The van der Waals surface area contributed by atoms with E-state index < -0.39 is 5.91 Å². The third kappa shape index (κ3) is 3.22. The van der Waals surface area contributed by atoms with E-state index in [4.69, 9.17) is 28.5 Å². The minimum Gasteiger partial charge on any atom is -0.319 e. The van der Waals surface area contributed by atoms with E-state index in [1.165, 1.54) is 24.4 Å². The molecule has 1 N–H and O–H groups in total. The molecule has 0 atom stereocenters. The van der Waals surface area contributed by atoms with Crippen molar-refractivity contribution in [2.24, 2.45) is 0 Å². The predicted molar refractivity (Wildman–Crippen MR) is 73.4 cm³/mol. The Labute approximate surface area is 119 Å².